The highest BCUT2D eigenvalue weighted by Crippen LogP contribution is 2.33. The van der Waals surface area contributed by atoms with Gasteiger partial charge in [-0.2, -0.15) is 18.3 Å². The average molecular weight is 396 g/mol. The van der Waals surface area contributed by atoms with Gasteiger partial charge in [0, 0.05) is 12.1 Å². The molecule has 0 saturated carbocycles. The van der Waals surface area contributed by atoms with E-state index in [-0.39, 0.29) is 22.8 Å². The minimum Gasteiger partial charge on any atom is -0.326 e. The lowest BCUT2D eigenvalue weighted by Crippen LogP contribution is -2.12. The van der Waals surface area contributed by atoms with Gasteiger partial charge in [-0.3, -0.25) is 0 Å². The number of benzene rings is 2. The van der Waals surface area contributed by atoms with Crippen molar-refractivity contribution in [2.75, 3.05) is 0 Å². The summed E-state index contributed by atoms with van der Waals surface area (Å²) >= 11 is 0. The second-order valence-electron chi connectivity index (χ2n) is 5.77. The quantitative estimate of drug-likeness (QED) is 0.707. The molecule has 10 heteroatoms. The Morgan fingerprint density at radius 1 is 1.04 bits per heavy atom. The molecule has 1 aromatic heterocycles. The van der Waals surface area contributed by atoms with Crippen LogP contribution in [0.25, 0.3) is 16.9 Å². The molecule has 0 atom stereocenters. The van der Waals surface area contributed by atoms with Crippen LogP contribution in [0.5, 0.6) is 0 Å². The number of hydrogen-bond acceptors (Lipinski definition) is 4. The van der Waals surface area contributed by atoms with Gasteiger partial charge in [-0.05, 0) is 42.0 Å². The zero-order valence-corrected chi connectivity index (χ0v) is 14.6. The summed E-state index contributed by atoms with van der Waals surface area (Å²) in [6.07, 6.45) is -4.63. The summed E-state index contributed by atoms with van der Waals surface area (Å²) < 4.78 is 63.4. The molecule has 0 amide bonds. The molecule has 0 saturated heterocycles. The van der Waals surface area contributed by atoms with Crippen LogP contribution in [0.4, 0.5) is 13.2 Å². The summed E-state index contributed by atoms with van der Waals surface area (Å²) in [6.45, 7) is 0.233. The third-order valence-corrected chi connectivity index (χ3v) is 4.80. The molecular weight excluding hydrogens is 381 g/mol. The molecule has 3 aromatic rings. The predicted molar refractivity (Wildman–Crippen MR) is 93.3 cm³/mol. The first-order chi connectivity index (χ1) is 12.6. The number of sulfonamides is 1. The van der Waals surface area contributed by atoms with Crippen LogP contribution in [-0.4, -0.2) is 18.2 Å². The highest BCUT2D eigenvalue weighted by atomic mass is 32.2. The van der Waals surface area contributed by atoms with Gasteiger partial charge >= 0.3 is 6.18 Å². The van der Waals surface area contributed by atoms with Gasteiger partial charge in [-0.25, -0.2) is 18.2 Å². The summed E-state index contributed by atoms with van der Waals surface area (Å²) in [4.78, 5) is -0.152. The van der Waals surface area contributed by atoms with Gasteiger partial charge in [-0.1, -0.05) is 18.2 Å². The van der Waals surface area contributed by atoms with Gasteiger partial charge in [0.15, 0.2) is 5.69 Å². The highest BCUT2D eigenvalue weighted by molar-refractivity contribution is 7.89. The second-order valence-corrected chi connectivity index (χ2v) is 7.33. The Morgan fingerprint density at radius 3 is 2.26 bits per heavy atom. The topological polar surface area (TPSA) is 104 Å². The van der Waals surface area contributed by atoms with E-state index < -0.39 is 21.9 Å². The molecule has 0 unspecified atom stereocenters. The molecule has 0 aliphatic carbocycles. The number of halogens is 3. The van der Waals surface area contributed by atoms with Gasteiger partial charge < -0.3 is 5.73 Å². The SMILES string of the molecule is NCc1cccc(-c2cc(C(F)(F)F)nn2-c2ccc(S(N)(=O)=O)cc2)c1. The van der Waals surface area contributed by atoms with E-state index in [9.17, 15) is 21.6 Å². The molecule has 0 spiro atoms. The van der Waals surface area contributed by atoms with E-state index in [2.05, 4.69) is 5.10 Å². The number of rotatable bonds is 4. The van der Waals surface area contributed by atoms with Crippen LogP contribution in [0.2, 0.25) is 0 Å². The number of primary sulfonamides is 1. The Morgan fingerprint density at radius 2 is 1.70 bits per heavy atom. The summed E-state index contributed by atoms with van der Waals surface area (Å²) in [7, 11) is -3.91. The average Bonchev–Trinajstić information content (AvgIpc) is 3.07. The number of nitrogens with two attached hydrogens (primary N) is 2. The van der Waals surface area contributed by atoms with Crippen molar-refractivity contribution in [1.29, 1.82) is 0 Å². The Hall–Kier alpha value is -2.69. The van der Waals surface area contributed by atoms with Crippen LogP contribution in [0, 0.1) is 0 Å². The normalized spacial score (nSPS) is 12.3. The molecule has 142 valence electrons. The van der Waals surface area contributed by atoms with Crippen molar-refractivity contribution in [3.63, 3.8) is 0 Å². The van der Waals surface area contributed by atoms with Gasteiger partial charge in [0.25, 0.3) is 0 Å². The number of alkyl halides is 3. The Kier molecular flexibility index (Phi) is 4.81. The standard InChI is InChI=1S/C17H15F3N4O2S/c18-17(19,20)16-9-15(12-3-1-2-11(8-12)10-21)24(23-16)13-4-6-14(7-5-13)27(22,25)26/h1-9H,10,21H2,(H2,22,25,26). The van der Waals surface area contributed by atoms with Gasteiger partial charge in [0.2, 0.25) is 10.0 Å². The fourth-order valence-electron chi connectivity index (χ4n) is 2.56. The largest absolute Gasteiger partial charge is 0.435 e. The molecule has 0 radical (unpaired) electrons. The predicted octanol–water partition coefficient (Wildman–Crippen LogP) is 2.66. The minimum atomic E-state index is -4.63. The van der Waals surface area contributed by atoms with Crippen LogP contribution in [0.1, 0.15) is 11.3 Å². The zero-order valence-electron chi connectivity index (χ0n) is 13.8. The summed E-state index contributed by atoms with van der Waals surface area (Å²) in [5, 5.41) is 8.70. The van der Waals surface area contributed by atoms with Crippen LogP contribution in [0.3, 0.4) is 0 Å². The minimum absolute atomic E-state index is 0.152. The van der Waals surface area contributed by atoms with Crippen molar-refractivity contribution in [2.45, 2.75) is 17.6 Å². The molecule has 0 fully saturated rings. The molecular formula is C17H15F3N4O2S. The third-order valence-electron chi connectivity index (χ3n) is 3.87. The van der Waals surface area contributed by atoms with E-state index in [0.717, 1.165) is 16.3 Å². The van der Waals surface area contributed by atoms with Crippen molar-refractivity contribution in [3.8, 4) is 16.9 Å². The fourth-order valence-corrected chi connectivity index (χ4v) is 3.07. The summed E-state index contributed by atoms with van der Waals surface area (Å²) in [5.41, 5.74) is 6.24. The molecule has 3 rings (SSSR count). The first kappa shape index (κ1) is 19.1. The molecule has 27 heavy (non-hydrogen) atoms. The first-order valence-corrected chi connectivity index (χ1v) is 9.24. The van der Waals surface area contributed by atoms with Crippen molar-refractivity contribution in [1.82, 2.24) is 9.78 Å². The number of nitrogens with zero attached hydrogens (tertiary/aromatic N) is 2. The van der Waals surface area contributed by atoms with Crippen molar-refractivity contribution in [3.05, 3.63) is 65.9 Å². The van der Waals surface area contributed by atoms with E-state index in [4.69, 9.17) is 10.9 Å². The Labute approximate surface area is 153 Å². The van der Waals surface area contributed by atoms with Gasteiger partial charge in [-0.15, -0.1) is 0 Å². The van der Waals surface area contributed by atoms with Crippen molar-refractivity contribution >= 4 is 10.0 Å². The first-order valence-electron chi connectivity index (χ1n) is 7.69. The monoisotopic (exact) mass is 396 g/mol. The lowest BCUT2D eigenvalue weighted by molar-refractivity contribution is -0.141. The molecule has 1 heterocycles. The molecule has 4 N–H and O–H groups in total. The van der Waals surface area contributed by atoms with E-state index in [1.807, 2.05) is 0 Å². The van der Waals surface area contributed by atoms with E-state index in [0.29, 0.717) is 5.56 Å². The van der Waals surface area contributed by atoms with Crippen molar-refractivity contribution in [2.24, 2.45) is 10.9 Å². The molecule has 6 nitrogen and oxygen atoms in total. The maximum Gasteiger partial charge on any atom is 0.435 e. The van der Waals surface area contributed by atoms with Crippen molar-refractivity contribution < 1.29 is 21.6 Å². The van der Waals surface area contributed by atoms with Crippen LogP contribution in [0.15, 0.2) is 59.5 Å². The van der Waals surface area contributed by atoms with E-state index in [1.165, 1.54) is 24.3 Å². The smallest absolute Gasteiger partial charge is 0.326 e. The number of aromatic nitrogens is 2. The van der Waals surface area contributed by atoms with E-state index >= 15 is 0 Å². The summed E-state index contributed by atoms with van der Waals surface area (Å²) in [5.74, 6) is 0. The maximum absolute atomic E-state index is 13.2. The van der Waals surface area contributed by atoms with Crippen LogP contribution < -0.4 is 10.9 Å². The molecule has 0 aliphatic heterocycles. The third kappa shape index (κ3) is 4.02. The van der Waals surface area contributed by atoms with Crippen LogP contribution in [-0.2, 0) is 22.7 Å². The Balaban J connectivity index is 2.17. The van der Waals surface area contributed by atoms with E-state index in [1.54, 1.807) is 24.3 Å². The molecule has 0 bridgehead atoms. The van der Waals surface area contributed by atoms with Gasteiger partial charge in [0.1, 0.15) is 0 Å². The van der Waals surface area contributed by atoms with Gasteiger partial charge in [0.05, 0.1) is 16.3 Å². The second kappa shape index (κ2) is 6.80. The lowest BCUT2D eigenvalue weighted by Gasteiger charge is -2.09. The fraction of sp³-hybridized carbons (Fsp3) is 0.118. The summed E-state index contributed by atoms with van der Waals surface area (Å²) in [6, 6.07) is 12.8. The zero-order chi connectivity index (χ0) is 19.8. The number of hydrogen-bond donors (Lipinski definition) is 2. The highest BCUT2D eigenvalue weighted by Gasteiger charge is 2.35. The Bertz CT molecular complexity index is 1070. The molecule has 0 aliphatic rings. The van der Waals surface area contributed by atoms with Crippen LogP contribution >= 0.6 is 0 Å². The lowest BCUT2D eigenvalue weighted by atomic mass is 10.1. The maximum atomic E-state index is 13.2. The molecule has 2 aromatic carbocycles.